The summed E-state index contributed by atoms with van der Waals surface area (Å²) >= 11 is 0. The summed E-state index contributed by atoms with van der Waals surface area (Å²) in [7, 11) is 0. The van der Waals surface area contributed by atoms with Crippen LogP contribution in [0.15, 0.2) is 33.9 Å². The smallest absolute Gasteiger partial charge is 0.0497 e. The summed E-state index contributed by atoms with van der Waals surface area (Å²) < 4.78 is 0. The Morgan fingerprint density at radius 2 is 2.23 bits per heavy atom. The Morgan fingerprint density at radius 1 is 1.54 bits per heavy atom. The summed E-state index contributed by atoms with van der Waals surface area (Å²) in [5, 5.41) is 0. The highest BCUT2D eigenvalue weighted by Crippen LogP contribution is 2.22. The van der Waals surface area contributed by atoms with Crippen LogP contribution in [0.4, 0.5) is 0 Å². The molecule has 0 amide bonds. The first-order chi connectivity index (χ1) is 6.16. The first-order valence-corrected chi connectivity index (χ1v) is 4.54. The largest absolute Gasteiger partial charge is 0.289 e. The van der Waals surface area contributed by atoms with Gasteiger partial charge in [-0.2, -0.15) is 0 Å². The van der Waals surface area contributed by atoms with Gasteiger partial charge in [0, 0.05) is 30.1 Å². The topological polar surface area (TPSA) is 24.7 Å². The molecule has 0 aromatic heterocycles. The lowest BCUT2D eigenvalue weighted by molar-refractivity contribution is 0.671. The van der Waals surface area contributed by atoms with E-state index in [2.05, 4.69) is 30.4 Å². The normalized spacial score (nSPS) is 23.6. The van der Waals surface area contributed by atoms with Crippen LogP contribution < -0.4 is 0 Å². The van der Waals surface area contributed by atoms with Crippen molar-refractivity contribution in [1.29, 1.82) is 0 Å². The van der Waals surface area contributed by atoms with Gasteiger partial charge in [-0.15, -0.1) is 0 Å². The first kappa shape index (κ1) is 9.90. The standard InChI is InChI=1S/C11H16N2/c1-5-6-12-11-8(2)7-13-10(4)9(11)3/h5-6,8H,1,7H2,2-4H3. The zero-order valence-electron chi connectivity index (χ0n) is 8.54. The van der Waals surface area contributed by atoms with E-state index < -0.39 is 0 Å². The van der Waals surface area contributed by atoms with Crippen LogP contribution in [0.3, 0.4) is 0 Å². The quantitative estimate of drug-likeness (QED) is 0.578. The van der Waals surface area contributed by atoms with E-state index >= 15 is 0 Å². The zero-order valence-corrected chi connectivity index (χ0v) is 8.54. The Hall–Kier alpha value is -1.18. The molecule has 1 aliphatic heterocycles. The summed E-state index contributed by atoms with van der Waals surface area (Å²) in [4.78, 5) is 8.78. The van der Waals surface area contributed by atoms with Gasteiger partial charge in [-0.3, -0.25) is 9.98 Å². The molecule has 0 saturated carbocycles. The van der Waals surface area contributed by atoms with Gasteiger partial charge in [-0.1, -0.05) is 19.6 Å². The van der Waals surface area contributed by atoms with E-state index in [0.717, 1.165) is 18.0 Å². The molecule has 70 valence electrons. The van der Waals surface area contributed by atoms with E-state index in [1.807, 2.05) is 6.92 Å². The summed E-state index contributed by atoms with van der Waals surface area (Å²) in [6, 6.07) is 0. The monoisotopic (exact) mass is 176 g/mol. The molecule has 2 heteroatoms. The van der Waals surface area contributed by atoms with Crippen molar-refractivity contribution in [3.8, 4) is 0 Å². The maximum Gasteiger partial charge on any atom is 0.0497 e. The van der Waals surface area contributed by atoms with Crippen molar-refractivity contribution >= 4 is 11.9 Å². The van der Waals surface area contributed by atoms with Crippen LogP contribution in [-0.2, 0) is 0 Å². The third-order valence-corrected chi connectivity index (χ3v) is 2.32. The Labute approximate surface area is 79.8 Å². The molecule has 0 saturated heterocycles. The van der Waals surface area contributed by atoms with Crippen molar-refractivity contribution in [2.75, 3.05) is 6.54 Å². The fourth-order valence-electron chi connectivity index (χ4n) is 1.39. The van der Waals surface area contributed by atoms with Crippen molar-refractivity contribution in [3.05, 3.63) is 23.9 Å². The second-order valence-electron chi connectivity index (χ2n) is 3.35. The fourth-order valence-corrected chi connectivity index (χ4v) is 1.39. The van der Waals surface area contributed by atoms with Gasteiger partial charge < -0.3 is 0 Å². The molecule has 0 aromatic rings. The molecule has 13 heavy (non-hydrogen) atoms. The molecular formula is C11H16N2. The molecular weight excluding hydrogens is 160 g/mol. The molecule has 1 heterocycles. The van der Waals surface area contributed by atoms with Crippen LogP contribution in [0, 0.1) is 5.92 Å². The van der Waals surface area contributed by atoms with E-state index in [1.165, 1.54) is 5.57 Å². The molecule has 1 atom stereocenters. The molecule has 0 spiro atoms. The average Bonchev–Trinajstić information content (AvgIpc) is 2.12. The minimum atomic E-state index is 0.430. The third kappa shape index (κ3) is 2.14. The maximum absolute atomic E-state index is 4.41. The molecule has 1 unspecified atom stereocenters. The molecule has 0 N–H and O–H groups in total. The van der Waals surface area contributed by atoms with Crippen molar-refractivity contribution in [1.82, 2.24) is 0 Å². The van der Waals surface area contributed by atoms with Gasteiger partial charge in [0.05, 0.1) is 0 Å². The number of aliphatic imine (C=N–C) groups is 2. The molecule has 0 bridgehead atoms. The highest BCUT2D eigenvalue weighted by atomic mass is 14.8. The van der Waals surface area contributed by atoms with Crippen LogP contribution >= 0.6 is 0 Å². The molecule has 1 rings (SSSR count). The number of nitrogens with zero attached hydrogens (tertiary/aromatic N) is 2. The van der Waals surface area contributed by atoms with Gasteiger partial charge >= 0.3 is 0 Å². The lowest BCUT2D eigenvalue weighted by Crippen LogP contribution is -2.14. The molecule has 0 aromatic carbocycles. The van der Waals surface area contributed by atoms with Crippen LogP contribution in [0.1, 0.15) is 20.8 Å². The van der Waals surface area contributed by atoms with E-state index in [1.54, 1.807) is 12.3 Å². The van der Waals surface area contributed by atoms with Gasteiger partial charge in [0.1, 0.15) is 0 Å². The van der Waals surface area contributed by atoms with Gasteiger partial charge in [0.25, 0.3) is 0 Å². The number of dihydropyridines is 1. The van der Waals surface area contributed by atoms with Crippen LogP contribution in [0.5, 0.6) is 0 Å². The summed E-state index contributed by atoms with van der Waals surface area (Å²) in [5.74, 6) is 0.430. The molecule has 2 nitrogen and oxygen atoms in total. The van der Waals surface area contributed by atoms with Gasteiger partial charge in [-0.05, 0) is 19.4 Å². The highest BCUT2D eigenvalue weighted by molar-refractivity contribution is 5.99. The third-order valence-electron chi connectivity index (χ3n) is 2.32. The predicted octanol–water partition coefficient (Wildman–Crippen LogP) is 2.63. The van der Waals surface area contributed by atoms with E-state index in [-0.39, 0.29) is 0 Å². The first-order valence-electron chi connectivity index (χ1n) is 4.54. The number of rotatable bonds is 2. The summed E-state index contributed by atoms with van der Waals surface area (Å²) in [5.41, 5.74) is 3.46. The zero-order chi connectivity index (χ0) is 9.84. The molecule has 1 aliphatic rings. The summed E-state index contributed by atoms with van der Waals surface area (Å²) in [6.45, 7) is 10.7. The van der Waals surface area contributed by atoms with Crippen molar-refractivity contribution < 1.29 is 0 Å². The van der Waals surface area contributed by atoms with Crippen molar-refractivity contribution in [3.63, 3.8) is 0 Å². The number of hydrogen-bond acceptors (Lipinski definition) is 2. The fraction of sp³-hybridized carbons (Fsp3) is 0.455. The van der Waals surface area contributed by atoms with E-state index in [9.17, 15) is 0 Å². The Kier molecular flexibility index (Phi) is 3.18. The van der Waals surface area contributed by atoms with Crippen LogP contribution in [-0.4, -0.2) is 18.5 Å². The lowest BCUT2D eigenvalue weighted by atomic mass is 9.98. The predicted molar refractivity (Wildman–Crippen MR) is 58.5 cm³/mol. The Bertz CT molecular complexity index is 295. The lowest BCUT2D eigenvalue weighted by Gasteiger charge is -2.18. The average molecular weight is 176 g/mol. The molecule has 0 fully saturated rings. The van der Waals surface area contributed by atoms with Crippen LogP contribution in [0.2, 0.25) is 0 Å². The van der Waals surface area contributed by atoms with E-state index in [0.29, 0.717) is 5.92 Å². The minimum Gasteiger partial charge on any atom is -0.289 e. The maximum atomic E-state index is 4.41. The second-order valence-corrected chi connectivity index (χ2v) is 3.35. The van der Waals surface area contributed by atoms with E-state index in [4.69, 9.17) is 0 Å². The second kappa shape index (κ2) is 4.17. The van der Waals surface area contributed by atoms with Gasteiger partial charge in [0.2, 0.25) is 0 Å². The SMILES string of the molecule is C=CC=NC1=C(C)C(C)=NCC1C. The summed E-state index contributed by atoms with van der Waals surface area (Å²) in [6.07, 6.45) is 3.45. The Morgan fingerprint density at radius 3 is 2.85 bits per heavy atom. The number of hydrogen-bond donors (Lipinski definition) is 0. The Balaban J connectivity index is 2.99. The van der Waals surface area contributed by atoms with Gasteiger partial charge in [0.15, 0.2) is 0 Å². The van der Waals surface area contributed by atoms with Crippen LogP contribution in [0.25, 0.3) is 0 Å². The minimum absolute atomic E-state index is 0.430. The molecule has 0 radical (unpaired) electrons. The van der Waals surface area contributed by atoms with Crippen molar-refractivity contribution in [2.45, 2.75) is 20.8 Å². The van der Waals surface area contributed by atoms with Gasteiger partial charge in [-0.25, -0.2) is 0 Å². The number of allylic oxidation sites excluding steroid dienone is 2. The van der Waals surface area contributed by atoms with Crippen molar-refractivity contribution in [2.24, 2.45) is 15.9 Å². The highest BCUT2D eigenvalue weighted by Gasteiger charge is 2.16. The molecule has 0 aliphatic carbocycles.